The van der Waals surface area contributed by atoms with Crippen LogP contribution < -0.4 is 9.64 Å². The van der Waals surface area contributed by atoms with Gasteiger partial charge >= 0.3 is 0 Å². The number of amides is 1. The number of para-hydroxylation sites is 1. The average Bonchev–Trinajstić information content (AvgIpc) is 3.54. The Morgan fingerprint density at radius 1 is 1.15 bits per heavy atom. The van der Waals surface area contributed by atoms with Crippen LogP contribution in [0.4, 0.5) is 5.69 Å². The number of carbonyl (C=O) groups excluding carboxylic acids is 1. The summed E-state index contributed by atoms with van der Waals surface area (Å²) in [6.07, 6.45) is 3.62. The summed E-state index contributed by atoms with van der Waals surface area (Å²) in [5.74, 6) is 2.30. The van der Waals surface area contributed by atoms with Gasteiger partial charge in [-0.3, -0.25) is 9.36 Å². The molecule has 7 nitrogen and oxygen atoms in total. The molecule has 0 spiro atoms. The molecule has 0 aliphatic carbocycles. The van der Waals surface area contributed by atoms with Crippen LogP contribution in [0.15, 0.2) is 76.5 Å². The number of furan rings is 1. The van der Waals surface area contributed by atoms with E-state index in [4.69, 9.17) is 9.15 Å². The van der Waals surface area contributed by atoms with Crippen molar-refractivity contribution in [2.45, 2.75) is 36.7 Å². The molecule has 2 aromatic heterocycles. The summed E-state index contributed by atoms with van der Waals surface area (Å²) >= 11 is 1.42. The van der Waals surface area contributed by atoms with E-state index in [1.165, 1.54) is 17.3 Å². The van der Waals surface area contributed by atoms with Crippen LogP contribution in [0.3, 0.4) is 0 Å². The zero-order valence-electron chi connectivity index (χ0n) is 19.2. The van der Waals surface area contributed by atoms with Gasteiger partial charge in [-0.15, -0.1) is 10.2 Å². The topological polar surface area (TPSA) is 73.4 Å². The van der Waals surface area contributed by atoms with E-state index in [1.54, 1.807) is 13.4 Å². The predicted octanol–water partition coefficient (Wildman–Crippen LogP) is 5.06. The molecular formula is C26H26N4O3S. The van der Waals surface area contributed by atoms with Gasteiger partial charge in [0.05, 0.1) is 25.2 Å². The summed E-state index contributed by atoms with van der Waals surface area (Å²) < 4.78 is 13.0. The smallest absolute Gasteiger partial charge is 0.240 e. The van der Waals surface area contributed by atoms with E-state index in [0.717, 1.165) is 42.1 Å². The first-order valence-electron chi connectivity index (χ1n) is 11.3. The van der Waals surface area contributed by atoms with Crippen molar-refractivity contribution < 1.29 is 13.9 Å². The van der Waals surface area contributed by atoms with E-state index >= 15 is 0 Å². The standard InChI is InChI=1S/C26H26N4O3S/c1-18(25(31)29-14-6-10-19-8-3-4-13-23(19)29)34-26-28-27-24(20-9-5-11-21(16-20)32-2)30(26)17-22-12-7-15-33-22/h3-5,7-9,11-13,15-16,18H,6,10,14,17H2,1-2H3. The fourth-order valence-electron chi connectivity index (χ4n) is 4.24. The summed E-state index contributed by atoms with van der Waals surface area (Å²) in [6.45, 7) is 3.12. The Balaban J connectivity index is 1.44. The molecule has 0 saturated carbocycles. The van der Waals surface area contributed by atoms with Crippen molar-refractivity contribution in [2.75, 3.05) is 18.6 Å². The number of hydrogen-bond acceptors (Lipinski definition) is 6. The molecule has 2 aromatic carbocycles. The number of fused-ring (bicyclic) bond motifs is 1. The minimum Gasteiger partial charge on any atom is -0.497 e. The molecule has 1 amide bonds. The van der Waals surface area contributed by atoms with Crippen LogP contribution in [0.5, 0.6) is 5.75 Å². The summed E-state index contributed by atoms with van der Waals surface area (Å²) in [7, 11) is 1.64. The van der Waals surface area contributed by atoms with E-state index < -0.39 is 0 Å². The summed E-state index contributed by atoms with van der Waals surface area (Å²) in [4.78, 5) is 15.4. The van der Waals surface area contributed by atoms with E-state index in [2.05, 4.69) is 16.3 Å². The molecule has 0 saturated heterocycles. The fourth-order valence-corrected chi connectivity index (χ4v) is 5.15. The molecule has 4 aromatic rings. The Morgan fingerprint density at radius 3 is 2.85 bits per heavy atom. The molecule has 174 valence electrons. The fraction of sp³-hybridized carbons (Fsp3) is 0.269. The summed E-state index contributed by atoms with van der Waals surface area (Å²) in [6, 6.07) is 19.6. The number of carbonyl (C=O) groups is 1. The second kappa shape index (κ2) is 9.77. The molecule has 0 fully saturated rings. The lowest BCUT2D eigenvalue weighted by Gasteiger charge is -2.31. The molecule has 0 radical (unpaired) electrons. The third kappa shape index (κ3) is 4.46. The van der Waals surface area contributed by atoms with Crippen LogP contribution in [0.2, 0.25) is 0 Å². The van der Waals surface area contributed by atoms with Crippen LogP contribution in [-0.4, -0.2) is 39.6 Å². The van der Waals surface area contributed by atoms with Crippen molar-refractivity contribution in [3.63, 3.8) is 0 Å². The van der Waals surface area contributed by atoms with Gasteiger partial charge in [-0.2, -0.15) is 0 Å². The Kier molecular flexibility index (Phi) is 6.40. The second-order valence-electron chi connectivity index (χ2n) is 8.19. The molecule has 1 aliphatic heterocycles. The Morgan fingerprint density at radius 2 is 2.03 bits per heavy atom. The first-order chi connectivity index (χ1) is 16.6. The van der Waals surface area contributed by atoms with Crippen molar-refractivity contribution in [1.29, 1.82) is 0 Å². The van der Waals surface area contributed by atoms with Crippen molar-refractivity contribution in [1.82, 2.24) is 14.8 Å². The second-order valence-corrected chi connectivity index (χ2v) is 9.49. The number of hydrogen-bond donors (Lipinski definition) is 0. The van der Waals surface area contributed by atoms with Crippen molar-refractivity contribution >= 4 is 23.4 Å². The average molecular weight is 475 g/mol. The summed E-state index contributed by atoms with van der Waals surface area (Å²) in [5, 5.41) is 9.27. The SMILES string of the molecule is COc1cccc(-c2nnc(SC(C)C(=O)N3CCCc4ccccc43)n2Cc2ccco2)c1. The van der Waals surface area contributed by atoms with Crippen LogP contribution in [0.1, 0.15) is 24.7 Å². The minimum absolute atomic E-state index is 0.0765. The van der Waals surface area contributed by atoms with Crippen LogP contribution in [0, 0.1) is 0 Å². The number of benzene rings is 2. The Labute approximate surface area is 202 Å². The predicted molar refractivity (Wildman–Crippen MR) is 132 cm³/mol. The van der Waals surface area contributed by atoms with Gasteiger partial charge in [0.1, 0.15) is 11.5 Å². The van der Waals surface area contributed by atoms with Gasteiger partial charge in [0.2, 0.25) is 5.91 Å². The third-order valence-corrected chi connectivity index (χ3v) is 7.01. The van der Waals surface area contributed by atoms with Crippen molar-refractivity contribution in [3.8, 4) is 17.1 Å². The highest BCUT2D eigenvalue weighted by Crippen LogP contribution is 2.33. The summed E-state index contributed by atoms with van der Waals surface area (Å²) in [5.41, 5.74) is 3.12. The van der Waals surface area contributed by atoms with Gasteiger partial charge < -0.3 is 14.1 Å². The maximum Gasteiger partial charge on any atom is 0.240 e. The number of aromatic nitrogens is 3. The van der Waals surface area contributed by atoms with Crippen LogP contribution >= 0.6 is 11.8 Å². The molecular weight excluding hydrogens is 448 g/mol. The molecule has 0 bridgehead atoms. The third-order valence-electron chi connectivity index (χ3n) is 5.95. The normalized spacial score (nSPS) is 14.0. The van der Waals surface area contributed by atoms with Gasteiger partial charge in [-0.1, -0.05) is 42.1 Å². The minimum atomic E-state index is -0.330. The number of nitrogens with zero attached hydrogens (tertiary/aromatic N) is 4. The number of rotatable bonds is 7. The van der Waals surface area contributed by atoms with E-state index in [0.29, 0.717) is 17.5 Å². The molecule has 1 unspecified atom stereocenters. The number of aryl methyl sites for hydroxylation is 1. The van der Waals surface area contributed by atoms with Gasteiger partial charge in [-0.25, -0.2) is 0 Å². The van der Waals surface area contributed by atoms with Gasteiger partial charge in [0, 0.05) is 17.8 Å². The zero-order chi connectivity index (χ0) is 23.5. The molecule has 5 rings (SSSR count). The first kappa shape index (κ1) is 22.3. The Bertz CT molecular complexity index is 1280. The van der Waals surface area contributed by atoms with E-state index in [9.17, 15) is 4.79 Å². The van der Waals surface area contributed by atoms with Crippen molar-refractivity contribution in [2.24, 2.45) is 0 Å². The van der Waals surface area contributed by atoms with Gasteiger partial charge in [0.15, 0.2) is 11.0 Å². The highest BCUT2D eigenvalue weighted by molar-refractivity contribution is 8.00. The lowest BCUT2D eigenvalue weighted by Crippen LogP contribution is -2.40. The van der Waals surface area contributed by atoms with Crippen molar-refractivity contribution in [3.05, 3.63) is 78.3 Å². The number of thioether (sulfide) groups is 1. The first-order valence-corrected chi connectivity index (χ1v) is 12.2. The monoisotopic (exact) mass is 474 g/mol. The van der Waals surface area contributed by atoms with Crippen LogP contribution in [-0.2, 0) is 17.8 Å². The Hall–Kier alpha value is -3.52. The molecule has 1 aliphatic rings. The lowest BCUT2D eigenvalue weighted by molar-refractivity contribution is -0.117. The maximum absolute atomic E-state index is 13.5. The molecule has 3 heterocycles. The molecule has 8 heteroatoms. The molecule has 0 N–H and O–H groups in total. The number of methoxy groups -OCH3 is 1. The molecule has 34 heavy (non-hydrogen) atoms. The lowest BCUT2D eigenvalue weighted by atomic mass is 10.0. The number of ether oxygens (including phenoxy) is 1. The maximum atomic E-state index is 13.5. The zero-order valence-corrected chi connectivity index (χ0v) is 20.0. The van der Waals surface area contributed by atoms with Gasteiger partial charge in [-0.05, 0) is 55.7 Å². The van der Waals surface area contributed by atoms with Crippen LogP contribution in [0.25, 0.3) is 11.4 Å². The largest absolute Gasteiger partial charge is 0.497 e. The number of anilines is 1. The van der Waals surface area contributed by atoms with E-state index in [-0.39, 0.29) is 11.2 Å². The quantitative estimate of drug-likeness (QED) is 0.349. The highest BCUT2D eigenvalue weighted by Gasteiger charge is 2.28. The highest BCUT2D eigenvalue weighted by atomic mass is 32.2. The van der Waals surface area contributed by atoms with E-state index in [1.807, 2.05) is 71.0 Å². The molecule has 1 atom stereocenters. The van der Waals surface area contributed by atoms with Gasteiger partial charge in [0.25, 0.3) is 0 Å².